The van der Waals surface area contributed by atoms with Crippen LogP contribution in [-0.4, -0.2) is 47.6 Å². The minimum Gasteiger partial charge on any atom is -0.382 e. The second kappa shape index (κ2) is 7.09. The SMILES string of the molecule is Nc1n[nH]c(C(=O)N[C@@H]2CCOC3(CCOCC3)C2)c1-c1ccccc1. The molecule has 2 aliphatic heterocycles. The van der Waals surface area contributed by atoms with Crippen molar-refractivity contribution in [2.45, 2.75) is 37.3 Å². The van der Waals surface area contributed by atoms with Gasteiger partial charge in [-0.25, -0.2) is 0 Å². The van der Waals surface area contributed by atoms with Crippen LogP contribution in [-0.2, 0) is 9.47 Å². The quantitative estimate of drug-likeness (QED) is 0.782. The molecule has 0 aliphatic carbocycles. The predicted molar refractivity (Wildman–Crippen MR) is 97.7 cm³/mol. The summed E-state index contributed by atoms with van der Waals surface area (Å²) in [5, 5.41) is 9.98. The van der Waals surface area contributed by atoms with Crippen LogP contribution >= 0.6 is 0 Å². The lowest BCUT2D eigenvalue weighted by atomic mass is 9.84. The Labute approximate surface area is 152 Å². The van der Waals surface area contributed by atoms with Gasteiger partial charge in [-0.1, -0.05) is 30.3 Å². The maximum absolute atomic E-state index is 12.9. The topological polar surface area (TPSA) is 102 Å². The van der Waals surface area contributed by atoms with E-state index in [0.717, 1.165) is 44.5 Å². The van der Waals surface area contributed by atoms with E-state index in [0.29, 0.717) is 23.7 Å². The van der Waals surface area contributed by atoms with Gasteiger partial charge < -0.3 is 20.5 Å². The molecule has 1 amide bonds. The molecule has 0 radical (unpaired) electrons. The van der Waals surface area contributed by atoms with Crippen molar-refractivity contribution in [1.29, 1.82) is 0 Å². The molecule has 138 valence electrons. The Bertz CT molecular complexity index is 763. The van der Waals surface area contributed by atoms with Gasteiger partial charge in [-0.2, -0.15) is 5.10 Å². The Morgan fingerprint density at radius 2 is 2.00 bits per heavy atom. The van der Waals surface area contributed by atoms with Crippen molar-refractivity contribution in [3.8, 4) is 11.1 Å². The van der Waals surface area contributed by atoms with E-state index in [1.54, 1.807) is 0 Å². The number of anilines is 1. The third-order valence-corrected chi connectivity index (χ3v) is 5.32. The van der Waals surface area contributed by atoms with E-state index in [2.05, 4.69) is 15.5 Å². The molecule has 1 aromatic carbocycles. The molecule has 7 nitrogen and oxygen atoms in total. The molecule has 3 heterocycles. The number of carbonyl (C=O) groups is 1. The molecule has 0 unspecified atom stereocenters. The Morgan fingerprint density at radius 3 is 2.77 bits per heavy atom. The molecule has 7 heteroatoms. The van der Waals surface area contributed by atoms with Crippen LogP contribution < -0.4 is 11.1 Å². The standard InChI is InChI=1S/C19H24N4O3/c20-17-15(13-4-2-1-3-5-13)16(22-23-17)18(24)21-14-6-9-26-19(12-14)7-10-25-11-8-19/h1-5,14H,6-12H2,(H,21,24)(H3,20,22,23)/t14-/m1/s1. The first-order valence-corrected chi connectivity index (χ1v) is 9.09. The summed E-state index contributed by atoms with van der Waals surface area (Å²) in [5.74, 6) is 0.149. The molecule has 1 atom stereocenters. The lowest BCUT2D eigenvalue weighted by Gasteiger charge is -2.43. The van der Waals surface area contributed by atoms with Gasteiger partial charge in [0.25, 0.3) is 5.91 Å². The molecule has 2 aliphatic rings. The Hall–Kier alpha value is -2.38. The third-order valence-electron chi connectivity index (χ3n) is 5.32. The zero-order chi connectivity index (χ0) is 18.0. The number of aromatic amines is 1. The van der Waals surface area contributed by atoms with E-state index in [9.17, 15) is 4.79 Å². The number of nitrogen functional groups attached to an aromatic ring is 1. The van der Waals surface area contributed by atoms with E-state index >= 15 is 0 Å². The Balaban J connectivity index is 1.51. The van der Waals surface area contributed by atoms with Crippen molar-refractivity contribution in [1.82, 2.24) is 15.5 Å². The van der Waals surface area contributed by atoms with E-state index < -0.39 is 0 Å². The summed E-state index contributed by atoms with van der Waals surface area (Å²) in [6.45, 7) is 2.09. The van der Waals surface area contributed by atoms with E-state index in [4.69, 9.17) is 15.2 Å². The summed E-state index contributed by atoms with van der Waals surface area (Å²) >= 11 is 0. The highest BCUT2D eigenvalue weighted by molar-refractivity contribution is 6.01. The molecular weight excluding hydrogens is 332 g/mol. The number of rotatable bonds is 3. The van der Waals surface area contributed by atoms with Gasteiger partial charge in [-0.3, -0.25) is 9.89 Å². The average Bonchev–Trinajstić information content (AvgIpc) is 3.05. The van der Waals surface area contributed by atoms with Crippen LogP contribution in [0.5, 0.6) is 0 Å². The number of amides is 1. The number of carbonyl (C=O) groups excluding carboxylic acids is 1. The molecule has 0 saturated carbocycles. The number of hydrogen-bond donors (Lipinski definition) is 3. The van der Waals surface area contributed by atoms with Gasteiger partial charge in [0.05, 0.1) is 11.2 Å². The van der Waals surface area contributed by atoms with Gasteiger partial charge in [0.1, 0.15) is 5.69 Å². The summed E-state index contributed by atoms with van der Waals surface area (Å²) in [6.07, 6.45) is 3.38. The highest BCUT2D eigenvalue weighted by atomic mass is 16.5. The number of aromatic nitrogens is 2. The number of ether oxygens (including phenoxy) is 2. The first-order valence-electron chi connectivity index (χ1n) is 9.09. The second-order valence-electron chi connectivity index (χ2n) is 7.03. The van der Waals surface area contributed by atoms with Crippen LogP contribution in [0.15, 0.2) is 30.3 Å². The fourth-order valence-electron chi connectivity index (χ4n) is 3.92. The predicted octanol–water partition coefficient (Wildman–Crippen LogP) is 2.12. The van der Waals surface area contributed by atoms with Crippen LogP contribution in [0.3, 0.4) is 0 Å². The first-order chi connectivity index (χ1) is 12.7. The van der Waals surface area contributed by atoms with Crippen LogP contribution in [0.4, 0.5) is 5.82 Å². The number of H-pyrrole nitrogens is 1. The van der Waals surface area contributed by atoms with Gasteiger partial charge in [0.15, 0.2) is 5.82 Å². The van der Waals surface area contributed by atoms with E-state index in [-0.39, 0.29) is 17.6 Å². The fourth-order valence-corrected chi connectivity index (χ4v) is 3.92. The zero-order valence-electron chi connectivity index (χ0n) is 14.7. The molecule has 2 saturated heterocycles. The normalized spacial score (nSPS) is 22.2. The van der Waals surface area contributed by atoms with E-state index in [1.807, 2.05) is 30.3 Å². The molecule has 2 aromatic rings. The van der Waals surface area contributed by atoms with Crippen molar-refractivity contribution >= 4 is 11.7 Å². The first kappa shape index (κ1) is 17.1. The summed E-state index contributed by atoms with van der Waals surface area (Å²) in [4.78, 5) is 12.9. The smallest absolute Gasteiger partial charge is 0.270 e. The third kappa shape index (κ3) is 3.32. The van der Waals surface area contributed by atoms with Crippen molar-refractivity contribution in [3.63, 3.8) is 0 Å². The maximum Gasteiger partial charge on any atom is 0.270 e. The largest absolute Gasteiger partial charge is 0.382 e. The molecule has 1 aromatic heterocycles. The number of nitrogens with zero attached hydrogens (tertiary/aromatic N) is 1. The van der Waals surface area contributed by atoms with Gasteiger partial charge in [-0.05, 0) is 31.2 Å². The minimum absolute atomic E-state index is 0.0718. The lowest BCUT2D eigenvalue weighted by molar-refractivity contribution is -0.139. The summed E-state index contributed by atoms with van der Waals surface area (Å²) in [5.41, 5.74) is 7.76. The number of nitrogens with two attached hydrogens (primary N) is 1. The molecule has 2 fully saturated rings. The molecule has 0 bridgehead atoms. The van der Waals surface area contributed by atoms with Crippen LogP contribution in [0.25, 0.3) is 11.1 Å². The number of hydrogen-bond acceptors (Lipinski definition) is 5. The van der Waals surface area contributed by atoms with Gasteiger partial charge >= 0.3 is 0 Å². The zero-order valence-corrected chi connectivity index (χ0v) is 14.7. The maximum atomic E-state index is 12.9. The molecular formula is C19H24N4O3. The van der Waals surface area contributed by atoms with E-state index in [1.165, 1.54) is 0 Å². The minimum atomic E-state index is -0.179. The summed E-state index contributed by atoms with van der Waals surface area (Å²) < 4.78 is 11.5. The van der Waals surface area contributed by atoms with Crippen LogP contribution in [0, 0.1) is 0 Å². The fraction of sp³-hybridized carbons (Fsp3) is 0.474. The van der Waals surface area contributed by atoms with Crippen molar-refractivity contribution < 1.29 is 14.3 Å². The summed E-state index contributed by atoms with van der Waals surface area (Å²) in [7, 11) is 0. The van der Waals surface area contributed by atoms with Crippen molar-refractivity contribution in [3.05, 3.63) is 36.0 Å². The van der Waals surface area contributed by atoms with Crippen LogP contribution in [0.2, 0.25) is 0 Å². The summed E-state index contributed by atoms with van der Waals surface area (Å²) in [6, 6.07) is 9.66. The second-order valence-corrected chi connectivity index (χ2v) is 7.03. The highest BCUT2D eigenvalue weighted by Gasteiger charge is 2.39. The van der Waals surface area contributed by atoms with Crippen LogP contribution in [0.1, 0.15) is 36.2 Å². The lowest BCUT2D eigenvalue weighted by Crippen LogP contribution is -2.51. The number of nitrogens with one attached hydrogen (secondary N) is 2. The average molecular weight is 356 g/mol. The van der Waals surface area contributed by atoms with Gasteiger partial charge in [0, 0.05) is 25.9 Å². The Morgan fingerprint density at radius 1 is 1.23 bits per heavy atom. The molecule has 26 heavy (non-hydrogen) atoms. The molecule has 4 rings (SSSR count). The number of benzene rings is 1. The van der Waals surface area contributed by atoms with Gasteiger partial charge in [0.2, 0.25) is 0 Å². The van der Waals surface area contributed by atoms with Gasteiger partial charge in [-0.15, -0.1) is 0 Å². The Kier molecular flexibility index (Phi) is 4.65. The van der Waals surface area contributed by atoms with Crippen molar-refractivity contribution in [2.75, 3.05) is 25.6 Å². The monoisotopic (exact) mass is 356 g/mol. The molecule has 4 N–H and O–H groups in total. The molecule has 1 spiro atoms. The highest BCUT2D eigenvalue weighted by Crippen LogP contribution is 2.34. The van der Waals surface area contributed by atoms with Crippen molar-refractivity contribution in [2.24, 2.45) is 0 Å².